The topological polar surface area (TPSA) is 64.9 Å². The van der Waals surface area contributed by atoms with Crippen LogP contribution in [0.25, 0.3) is 0 Å². The first-order chi connectivity index (χ1) is 10.3. The number of hydrogen-bond donors (Lipinski definition) is 2. The molecule has 22 heavy (non-hydrogen) atoms. The van der Waals surface area contributed by atoms with Gasteiger partial charge in [-0.3, -0.25) is 4.79 Å². The third-order valence-electron chi connectivity index (χ3n) is 3.49. The van der Waals surface area contributed by atoms with Gasteiger partial charge in [-0.2, -0.15) is 5.26 Å². The van der Waals surface area contributed by atoms with E-state index in [1.807, 2.05) is 44.2 Å². The van der Waals surface area contributed by atoms with Crippen molar-refractivity contribution in [3.63, 3.8) is 0 Å². The molecule has 4 nitrogen and oxygen atoms in total. The molecule has 4 heteroatoms. The number of nitrogens with one attached hydrogen (secondary N) is 2. The number of hydrogen-bond acceptors (Lipinski definition) is 3. The molecule has 1 amide bonds. The van der Waals surface area contributed by atoms with Gasteiger partial charge in [0.1, 0.15) is 11.6 Å². The maximum Gasteiger partial charge on any atom is 0.263 e. The summed E-state index contributed by atoms with van der Waals surface area (Å²) in [6.07, 6.45) is 2.27. The van der Waals surface area contributed by atoms with E-state index < -0.39 is 0 Å². The second-order valence-electron chi connectivity index (χ2n) is 6.42. The van der Waals surface area contributed by atoms with Crippen LogP contribution in [0.1, 0.15) is 46.6 Å². The predicted molar refractivity (Wildman–Crippen MR) is 90.4 cm³/mol. The normalized spacial score (nSPS) is 13.2. The second-order valence-corrected chi connectivity index (χ2v) is 6.42. The van der Waals surface area contributed by atoms with Crippen molar-refractivity contribution in [1.82, 2.24) is 5.32 Å². The van der Waals surface area contributed by atoms with Gasteiger partial charge >= 0.3 is 0 Å². The van der Waals surface area contributed by atoms with E-state index in [0.717, 1.165) is 12.1 Å². The Labute approximate surface area is 133 Å². The van der Waals surface area contributed by atoms with Crippen LogP contribution in [-0.4, -0.2) is 11.9 Å². The number of amides is 1. The van der Waals surface area contributed by atoms with E-state index in [4.69, 9.17) is 5.26 Å². The lowest BCUT2D eigenvalue weighted by Crippen LogP contribution is -2.33. The largest absolute Gasteiger partial charge is 0.360 e. The fourth-order valence-electron chi connectivity index (χ4n) is 1.77. The number of benzene rings is 1. The maximum absolute atomic E-state index is 11.9. The Hall–Kier alpha value is -2.28. The zero-order valence-corrected chi connectivity index (χ0v) is 14.0. The number of nitriles is 1. The first-order valence-electron chi connectivity index (χ1n) is 7.56. The van der Waals surface area contributed by atoms with Gasteiger partial charge in [0.15, 0.2) is 0 Å². The van der Waals surface area contributed by atoms with Crippen LogP contribution in [0.15, 0.2) is 36.0 Å². The Balaban J connectivity index is 2.77. The average Bonchev–Trinajstić information content (AvgIpc) is 2.47. The number of rotatable bonds is 5. The zero-order chi connectivity index (χ0) is 16.8. The number of nitrogens with zero attached hydrogens (tertiary/aromatic N) is 1. The fourth-order valence-corrected chi connectivity index (χ4v) is 1.77. The highest BCUT2D eigenvalue weighted by molar-refractivity contribution is 5.97. The molecule has 0 aliphatic carbocycles. The summed E-state index contributed by atoms with van der Waals surface area (Å²) in [6, 6.07) is 9.95. The molecule has 2 N–H and O–H groups in total. The first kappa shape index (κ1) is 17.8. The lowest BCUT2D eigenvalue weighted by atomic mass is 9.87. The van der Waals surface area contributed by atoms with E-state index in [1.165, 1.54) is 11.8 Å². The molecule has 0 saturated carbocycles. The second kappa shape index (κ2) is 7.65. The van der Waals surface area contributed by atoms with Crippen LogP contribution in [0.3, 0.4) is 0 Å². The number of anilines is 1. The molecular formula is C18H25N3O. The summed E-state index contributed by atoms with van der Waals surface area (Å²) in [5.41, 5.74) is 2.25. The number of carbonyl (C=O) groups excluding carboxylic acids is 1. The summed E-state index contributed by atoms with van der Waals surface area (Å²) in [4.78, 5) is 11.9. The van der Waals surface area contributed by atoms with Gasteiger partial charge in [-0.15, -0.1) is 0 Å². The minimum absolute atomic E-state index is 0.0512. The summed E-state index contributed by atoms with van der Waals surface area (Å²) in [7, 11) is 0. The molecular weight excluding hydrogens is 274 g/mol. The summed E-state index contributed by atoms with van der Waals surface area (Å²) in [5.74, 6) is -0.351. The Kier molecular flexibility index (Phi) is 6.18. The van der Waals surface area contributed by atoms with Crippen molar-refractivity contribution in [3.05, 3.63) is 41.6 Å². The van der Waals surface area contributed by atoms with Crippen molar-refractivity contribution in [2.45, 2.75) is 52.5 Å². The molecule has 1 aromatic carbocycles. The van der Waals surface area contributed by atoms with Gasteiger partial charge in [-0.05, 0) is 36.5 Å². The van der Waals surface area contributed by atoms with Gasteiger partial charge < -0.3 is 10.6 Å². The van der Waals surface area contributed by atoms with Crippen molar-refractivity contribution in [1.29, 1.82) is 5.26 Å². The highest BCUT2D eigenvalue weighted by Crippen LogP contribution is 2.23. The Morgan fingerprint density at radius 1 is 1.32 bits per heavy atom. The third kappa shape index (κ3) is 5.25. The smallest absolute Gasteiger partial charge is 0.263 e. The lowest BCUT2D eigenvalue weighted by Gasteiger charge is -2.19. The SMILES string of the molecule is CCC(C)NC(=O)/C(C#N)=C\Nc1ccc(C(C)(C)C)cc1. The van der Waals surface area contributed by atoms with Crippen LogP contribution >= 0.6 is 0 Å². The summed E-state index contributed by atoms with van der Waals surface area (Å²) >= 11 is 0. The zero-order valence-electron chi connectivity index (χ0n) is 14.0. The van der Waals surface area contributed by atoms with Crippen LogP contribution < -0.4 is 10.6 Å². The van der Waals surface area contributed by atoms with E-state index in [-0.39, 0.29) is 22.9 Å². The molecule has 1 rings (SSSR count). The first-order valence-corrected chi connectivity index (χ1v) is 7.56. The van der Waals surface area contributed by atoms with Gasteiger partial charge in [0.05, 0.1) is 0 Å². The molecule has 0 fully saturated rings. The van der Waals surface area contributed by atoms with Gasteiger partial charge in [0.25, 0.3) is 5.91 Å². The Bertz CT molecular complexity index is 574. The Morgan fingerprint density at radius 2 is 1.91 bits per heavy atom. The minimum atomic E-state index is -0.351. The molecule has 0 spiro atoms. The molecule has 1 atom stereocenters. The molecule has 0 bridgehead atoms. The van der Waals surface area contributed by atoms with E-state index in [2.05, 4.69) is 31.4 Å². The van der Waals surface area contributed by atoms with E-state index in [1.54, 1.807) is 0 Å². The van der Waals surface area contributed by atoms with Crippen LogP contribution in [0.2, 0.25) is 0 Å². The molecule has 0 heterocycles. The van der Waals surface area contributed by atoms with Crippen molar-refractivity contribution in [2.24, 2.45) is 0 Å². The highest BCUT2D eigenvalue weighted by Gasteiger charge is 2.13. The fraction of sp³-hybridized carbons (Fsp3) is 0.444. The van der Waals surface area contributed by atoms with Crippen molar-refractivity contribution in [3.8, 4) is 6.07 Å². The summed E-state index contributed by atoms with van der Waals surface area (Å²) in [5, 5.41) is 14.9. The highest BCUT2D eigenvalue weighted by atomic mass is 16.1. The van der Waals surface area contributed by atoms with Crippen LogP contribution in [-0.2, 0) is 10.2 Å². The average molecular weight is 299 g/mol. The van der Waals surface area contributed by atoms with Gasteiger partial charge in [-0.25, -0.2) is 0 Å². The third-order valence-corrected chi connectivity index (χ3v) is 3.49. The monoisotopic (exact) mass is 299 g/mol. The molecule has 0 aromatic heterocycles. The quantitative estimate of drug-likeness (QED) is 0.643. The molecule has 1 aromatic rings. The molecule has 0 saturated heterocycles. The van der Waals surface area contributed by atoms with Crippen molar-refractivity contribution in [2.75, 3.05) is 5.32 Å². The Morgan fingerprint density at radius 3 is 2.36 bits per heavy atom. The minimum Gasteiger partial charge on any atom is -0.360 e. The van der Waals surface area contributed by atoms with Crippen LogP contribution in [0, 0.1) is 11.3 Å². The van der Waals surface area contributed by atoms with Crippen molar-refractivity contribution < 1.29 is 4.79 Å². The maximum atomic E-state index is 11.9. The molecule has 0 radical (unpaired) electrons. The molecule has 1 unspecified atom stereocenters. The van der Waals surface area contributed by atoms with Gasteiger partial charge in [-0.1, -0.05) is 39.8 Å². The number of carbonyl (C=O) groups is 1. The van der Waals surface area contributed by atoms with E-state index in [0.29, 0.717) is 0 Å². The van der Waals surface area contributed by atoms with E-state index >= 15 is 0 Å². The van der Waals surface area contributed by atoms with Gasteiger partial charge in [0.2, 0.25) is 0 Å². The van der Waals surface area contributed by atoms with E-state index in [9.17, 15) is 4.79 Å². The molecule has 118 valence electrons. The summed E-state index contributed by atoms with van der Waals surface area (Å²) < 4.78 is 0. The summed E-state index contributed by atoms with van der Waals surface area (Å²) in [6.45, 7) is 10.4. The lowest BCUT2D eigenvalue weighted by molar-refractivity contribution is -0.117. The molecule has 0 aliphatic rings. The van der Waals surface area contributed by atoms with Crippen molar-refractivity contribution >= 4 is 11.6 Å². The molecule has 0 aliphatic heterocycles. The van der Waals surface area contributed by atoms with Crippen LogP contribution in [0.4, 0.5) is 5.69 Å². The van der Waals surface area contributed by atoms with Gasteiger partial charge in [0, 0.05) is 17.9 Å². The standard InChI is InChI=1S/C18H25N3O/c1-6-13(2)21-17(22)14(11-19)12-20-16-9-7-15(8-10-16)18(3,4)5/h7-10,12-13,20H,6H2,1-5H3,(H,21,22)/b14-12-. The predicted octanol–water partition coefficient (Wildman–Crippen LogP) is 3.72. The van der Waals surface area contributed by atoms with Crippen LogP contribution in [0.5, 0.6) is 0 Å².